The maximum absolute atomic E-state index is 12.5. The summed E-state index contributed by atoms with van der Waals surface area (Å²) in [4.78, 5) is 13.5. The topological polar surface area (TPSA) is 109 Å². The van der Waals surface area contributed by atoms with Crippen LogP contribution in [0.3, 0.4) is 0 Å². The smallest absolute Gasteiger partial charge is 0.268 e. The predicted molar refractivity (Wildman–Crippen MR) is 96.1 cm³/mol. The first kappa shape index (κ1) is 19.2. The molecule has 0 spiro atoms. The Kier molecular flexibility index (Phi) is 6.02. The highest BCUT2D eigenvalue weighted by molar-refractivity contribution is 7.99. The number of amides is 1. The van der Waals surface area contributed by atoms with Gasteiger partial charge in [0.15, 0.2) is 9.84 Å². The summed E-state index contributed by atoms with van der Waals surface area (Å²) in [6.45, 7) is 3.38. The molecule has 0 fully saturated rings. The summed E-state index contributed by atoms with van der Waals surface area (Å²) in [7, 11) is -3.85. The van der Waals surface area contributed by atoms with Crippen molar-refractivity contribution in [3.8, 4) is 0 Å². The van der Waals surface area contributed by atoms with Gasteiger partial charge in [-0.15, -0.1) is 6.58 Å². The van der Waals surface area contributed by atoms with Gasteiger partial charge in [0.25, 0.3) is 5.91 Å². The molecule has 2 aromatic rings. The summed E-state index contributed by atoms with van der Waals surface area (Å²) in [5.74, 6) is -1.75. The van der Waals surface area contributed by atoms with Crippen LogP contribution in [0.4, 0.5) is 0 Å². The third-order valence-corrected chi connectivity index (χ3v) is 6.34. The zero-order chi connectivity index (χ0) is 18.5. The number of nitrogens with one attached hydrogen (secondary N) is 1. The number of sulfone groups is 1. The lowest BCUT2D eigenvalue weighted by atomic mass is 10.0. The van der Waals surface area contributed by atoms with Gasteiger partial charge in [-0.2, -0.15) is 0 Å². The molecule has 0 aliphatic heterocycles. The van der Waals surface area contributed by atoms with Crippen molar-refractivity contribution in [2.24, 2.45) is 5.73 Å². The van der Waals surface area contributed by atoms with Crippen LogP contribution in [-0.2, 0) is 14.6 Å². The van der Waals surface area contributed by atoms with E-state index in [-0.39, 0.29) is 4.90 Å². The monoisotopic (exact) mass is 378 g/mol. The number of carbonyl (C=O) groups is 1. The van der Waals surface area contributed by atoms with Crippen LogP contribution in [0.2, 0.25) is 0 Å². The minimum Gasteiger partial charge on any atom is -0.313 e. The molecule has 0 bridgehead atoms. The zero-order valence-electron chi connectivity index (χ0n) is 13.3. The molecule has 8 heteroatoms. The lowest BCUT2D eigenvalue weighted by Crippen LogP contribution is -2.56. The van der Waals surface area contributed by atoms with Crippen molar-refractivity contribution in [3.05, 3.63) is 67.3 Å². The molecule has 25 heavy (non-hydrogen) atoms. The quantitative estimate of drug-likeness (QED) is 0.386. The van der Waals surface area contributed by atoms with Crippen molar-refractivity contribution in [1.29, 1.82) is 0 Å². The molecule has 0 aliphatic rings. The Morgan fingerprint density at radius 2 is 1.72 bits per heavy atom. The Labute approximate surface area is 150 Å². The molecule has 2 rings (SSSR count). The molecule has 132 valence electrons. The number of hydrogen-bond donors (Lipinski definition) is 3. The number of carbonyl (C=O) groups excluding carboxylic acids is 1. The summed E-state index contributed by atoms with van der Waals surface area (Å²) < 4.78 is 25.0. The molecule has 0 saturated carbocycles. The Morgan fingerprint density at radius 1 is 1.16 bits per heavy atom. The maximum Gasteiger partial charge on any atom is 0.268 e. The number of hydroxylamine groups is 1. The Balaban J connectivity index is 2.20. The van der Waals surface area contributed by atoms with Gasteiger partial charge in [0.1, 0.15) is 5.54 Å². The fourth-order valence-electron chi connectivity index (χ4n) is 2.06. The SMILES string of the molecule is C=CC(N)(CS(=O)(=O)c1ccc(Sc2ccccc2)cc1)C(=O)NO. The van der Waals surface area contributed by atoms with Gasteiger partial charge >= 0.3 is 0 Å². The molecular weight excluding hydrogens is 360 g/mol. The van der Waals surface area contributed by atoms with Crippen molar-refractivity contribution in [2.75, 3.05) is 5.75 Å². The largest absolute Gasteiger partial charge is 0.313 e. The zero-order valence-corrected chi connectivity index (χ0v) is 14.9. The van der Waals surface area contributed by atoms with Crippen LogP contribution in [0.5, 0.6) is 0 Å². The van der Waals surface area contributed by atoms with Gasteiger partial charge in [0.2, 0.25) is 0 Å². The summed E-state index contributed by atoms with van der Waals surface area (Å²) in [5.41, 5.74) is 5.17. The summed E-state index contributed by atoms with van der Waals surface area (Å²) in [6, 6.07) is 16.0. The Hall–Kier alpha value is -2.13. The number of nitrogens with two attached hydrogens (primary N) is 1. The first-order valence-corrected chi connectivity index (χ1v) is 9.70. The normalized spacial score (nSPS) is 13.7. The van der Waals surface area contributed by atoms with E-state index in [9.17, 15) is 13.2 Å². The standard InChI is InChI=1S/C17H18N2O4S2/c1-2-17(18,16(20)19-21)12-25(22,23)15-10-8-14(9-11-15)24-13-6-4-3-5-7-13/h2-11,21H,1,12,18H2,(H,19,20). The molecule has 0 saturated heterocycles. The van der Waals surface area contributed by atoms with E-state index in [1.54, 1.807) is 12.1 Å². The maximum atomic E-state index is 12.5. The minimum absolute atomic E-state index is 0.0346. The van der Waals surface area contributed by atoms with Crippen LogP contribution in [0.1, 0.15) is 0 Å². The van der Waals surface area contributed by atoms with E-state index in [0.717, 1.165) is 15.9 Å². The molecule has 1 atom stereocenters. The van der Waals surface area contributed by atoms with E-state index >= 15 is 0 Å². The molecule has 1 unspecified atom stereocenters. The second-order valence-corrected chi connectivity index (χ2v) is 8.47. The molecule has 1 amide bonds. The predicted octanol–water partition coefficient (Wildman–Crippen LogP) is 2.00. The second kappa shape index (κ2) is 7.83. The summed E-state index contributed by atoms with van der Waals surface area (Å²) >= 11 is 1.50. The number of benzene rings is 2. The van der Waals surface area contributed by atoms with Gasteiger partial charge in [-0.05, 0) is 36.4 Å². The fraction of sp³-hybridized carbons (Fsp3) is 0.118. The average molecular weight is 378 g/mol. The number of rotatable bonds is 7. The molecule has 0 aromatic heterocycles. The Bertz CT molecular complexity index is 852. The van der Waals surface area contributed by atoms with E-state index in [0.29, 0.717) is 0 Å². The molecular formula is C17H18N2O4S2. The Morgan fingerprint density at radius 3 is 2.24 bits per heavy atom. The summed E-state index contributed by atoms with van der Waals surface area (Å²) in [5, 5.41) is 8.72. The number of hydrogen-bond acceptors (Lipinski definition) is 6. The second-order valence-electron chi connectivity index (χ2n) is 5.33. The highest BCUT2D eigenvalue weighted by Crippen LogP contribution is 2.28. The third-order valence-electron chi connectivity index (χ3n) is 3.48. The first-order valence-electron chi connectivity index (χ1n) is 7.23. The van der Waals surface area contributed by atoms with E-state index in [1.807, 2.05) is 30.3 Å². The van der Waals surface area contributed by atoms with E-state index in [1.165, 1.54) is 29.4 Å². The lowest BCUT2D eigenvalue weighted by Gasteiger charge is -2.22. The molecule has 4 N–H and O–H groups in total. The van der Waals surface area contributed by atoms with Crippen molar-refractivity contribution >= 4 is 27.5 Å². The molecule has 0 heterocycles. The molecule has 0 radical (unpaired) electrons. The van der Waals surface area contributed by atoms with Gasteiger partial charge in [-0.3, -0.25) is 10.0 Å². The highest BCUT2D eigenvalue weighted by Gasteiger charge is 2.36. The van der Waals surface area contributed by atoms with E-state index in [4.69, 9.17) is 10.9 Å². The van der Waals surface area contributed by atoms with Crippen molar-refractivity contribution < 1.29 is 18.4 Å². The van der Waals surface area contributed by atoms with Crippen LogP contribution in [0.25, 0.3) is 0 Å². The highest BCUT2D eigenvalue weighted by atomic mass is 32.2. The van der Waals surface area contributed by atoms with Crippen LogP contribution in [-0.4, -0.2) is 30.8 Å². The van der Waals surface area contributed by atoms with Crippen molar-refractivity contribution in [2.45, 2.75) is 20.2 Å². The van der Waals surface area contributed by atoms with Crippen LogP contribution in [0, 0.1) is 0 Å². The average Bonchev–Trinajstić information content (AvgIpc) is 2.62. The molecule has 6 nitrogen and oxygen atoms in total. The van der Waals surface area contributed by atoms with Gasteiger partial charge in [-0.25, -0.2) is 13.9 Å². The van der Waals surface area contributed by atoms with Gasteiger partial charge in [-0.1, -0.05) is 36.0 Å². The fourth-order valence-corrected chi connectivity index (χ4v) is 4.49. The van der Waals surface area contributed by atoms with E-state index < -0.39 is 27.0 Å². The molecule has 0 aliphatic carbocycles. The van der Waals surface area contributed by atoms with Crippen LogP contribution in [0.15, 0.2) is 81.9 Å². The van der Waals surface area contributed by atoms with Crippen LogP contribution < -0.4 is 11.2 Å². The lowest BCUT2D eigenvalue weighted by molar-refractivity contribution is -0.132. The minimum atomic E-state index is -3.85. The van der Waals surface area contributed by atoms with Crippen LogP contribution >= 0.6 is 11.8 Å². The van der Waals surface area contributed by atoms with Crippen molar-refractivity contribution in [1.82, 2.24) is 5.48 Å². The van der Waals surface area contributed by atoms with Crippen molar-refractivity contribution in [3.63, 3.8) is 0 Å². The van der Waals surface area contributed by atoms with Gasteiger partial charge in [0.05, 0.1) is 10.6 Å². The first-order chi connectivity index (χ1) is 11.8. The summed E-state index contributed by atoms with van der Waals surface area (Å²) in [6.07, 6.45) is 0.996. The third kappa shape index (κ3) is 4.70. The molecule has 2 aromatic carbocycles. The van der Waals surface area contributed by atoms with E-state index in [2.05, 4.69) is 6.58 Å². The van der Waals surface area contributed by atoms with Gasteiger partial charge < -0.3 is 5.73 Å². The van der Waals surface area contributed by atoms with Gasteiger partial charge in [0, 0.05) is 9.79 Å².